The SMILES string of the molecule is CC(N)C1[C@H]2CN(Cc3ccc(-n4ccc(NC(=O)N5CCN(C(=O)C(C)(C)N)CC5)nc4=O)cc3)C[C@@H]12. The summed E-state index contributed by atoms with van der Waals surface area (Å²) in [5.74, 6) is 2.22. The van der Waals surface area contributed by atoms with Crippen LogP contribution in [0.4, 0.5) is 10.6 Å². The van der Waals surface area contributed by atoms with Crippen LogP contribution in [0.1, 0.15) is 26.3 Å². The maximum atomic E-state index is 12.7. The van der Waals surface area contributed by atoms with E-state index in [9.17, 15) is 14.4 Å². The molecule has 5 rings (SSSR count). The number of amides is 3. The number of piperazine rings is 1. The Morgan fingerprint density at radius 2 is 1.66 bits per heavy atom. The first-order chi connectivity index (χ1) is 18.0. The number of nitrogens with zero attached hydrogens (tertiary/aromatic N) is 5. The predicted octanol–water partition coefficient (Wildman–Crippen LogP) is 0.671. The van der Waals surface area contributed by atoms with Gasteiger partial charge in [-0.15, -0.1) is 0 Å². The van der Waals surface area contributed by atoms with Crippen LogP contribution < -0.4 is 22.5 Å². The van der Waals surface area contributed by atoms with E-state index < -0.39 is 11.2 Å². The second kappa shape index (κ2) is 10.1. The van der Waals surface area contributed by atoms with E-state index in [1.165, 1.54) is 10.1 Å². The van der Waals surface area contributed by atoms with Crippen LogP contribution in [-0.2, 0) is 11.3 Å². The van der Waals surface area contributed by atoms with E-state index >= 15 is 0 Å². The molecule has 4 atom stereocenters. The van der Waals surface area contributed by atoms with Gasteiger partial charge in [0.2, 0.25) is 5.91 Å². The number of nitrogens with one attached hydrogen (secondary N) is 1. The summed E-state index contributed by atoms with van der Waals surface area (Å²) < 4.78 is 1.46. The van der Waals surface area contributed by atoms with Gasteiger partial charge in [0.25, 0.3) is 0 Å². The summed E-state index contributed by atoms with van der Waals surface area (Å²) >= 11 is 0. The molecule has 204 valence electrons. The van der Waals surface area contributed by atoms with E-state index in [-0.39, 0.29) is 23.8 Å². The summed E-state index contributed by atoms with van der Waals surface area (Å²) in [6, 6.07) is 9.46. The zero-order valence-corrected chi connectivity index (χ0v) is 22.3. The number of hydrogen-bond donors (Lipinski definition) is 3. The van der Waals surface area contributed by atoms with Crippen molar-refractivity contribution in [3.05, 3.63) is 52.6 Å². The quantitative estimate of drug-likeness (QED) is 0.506. The first-order valence-electron chi connectivity index (χ1n) is 13.3. The number of carbonyl (C=O) groups is 2. The molecule has 1 aromatic carbocycles. The molecule has 2 saturated heterocycles. The van der Waals surface area contributed by atoms with Crippen molar-refractivity contribution in [2.24, 2.45) is 29.2 Å². The highest BCUT2D eigenvalue weighted by Gasteiger charge is 2.56. The molecule has 3 aliphatic rings. The summed E-state index contributed by atoms with van der Waals surface area (Å²) in [7, 11) is 0. The van der Waals surface area contributed by atoms with Crippen molar-refractivity contribution < 1.29 is 9.59 Å². The molecule has 3 heterocycles. The van der Waals surface area contributed by atoms with Crippen molar-refractivity contribution in [2.75, 3.05) is 44.6 Å². The fourth-order valence-electron chi connectivity index (χ4n) is 5.97. The van der Waals surface area contributed by atoms with Crippen molar-refractivity contribution in [1.82, 2.24) is 24.3 Å². The Kier molecular flexibility index (Phi) is 7.01. The summed E-state index contributed by atoms with van der Waals surface area (Å²) in [6.45, 7) is 10.1. The van der Waals surface area contributed by atoms with E-state index in [1.54, 1.807) is 35.9 Å². The Balaban J connectivity index is 1.14. The average Bonchev–Trinajstić information content (AvgIpc) is 3.40. The van der Waals surface area contributed by atoms with Gasteiger partial charge in [0.1, 0.15) is 5.82 Å². The highest BCUT2D eigenvalue weighted by Crippen LogP contribution is 2.53. The van der Waals surface area contributed by atoms with Crippen LogP contribution in [0.2, 0.25) is 0 Å². The number of hydrogen-bond acceptors (Lipinski definition) is 7. The zero-order valence-electron chi connectivity index (χ0n) is 22.3. The van der Waals surface area contributed by atoms with Crippen LogP contribution in [0.15, 0.2) is 41.3 Å². The molecular formula is C27H38N8O3. The molecule has 11 heteroatoms. The average molecular weight is 523 g/mol. The second-order valence-corrected chi connectivity index (χ2v) is 11.5. The number of nitrogens with two attached hydrogens (primary N) is 2. The molecule has 5 N–H and O–H groups in total. The lowest BCUT2D eigenvalue weighted by Gasteiger charge is -2.37. The fraction of sp³-hybridized carbons (Fsp3) is 0.556. The Morgan fingerprint density at radius 1 is 1.05 bits per heavy atom. The normalized spacial score (nSPS) is 24.2. The van der Waals surface area contributed by atoms with Gasteiger partial charge < -0.3 is 21.3 Å². The van der Waals surface area contributed by atoms with Crippen LogP contribution in [0.5, 0.6) is 0 Å². The number of piperidine rings is 1. The minimum atomic E-state index is -0.944. The zero-order chi connectivity index (χ0) is 27.2. The van der Waals surface area contributed by atoms with Gasteiger partial charge in [0.15, 0.2) is 0 Å². The monoisotopic (exact) mass is 522 g/mol. The number of fused-ring (bicyclic) bond motifs is 1. The second-order valence-electron chi connectivity index (χ2n) is 11.5. The van der Waals surface area contributed by atoms with Gasteiger partial charge in [0, 0.05) is 58.1 Å². The Bertz CT molecular complexity index is 1230. The molecule has 0 spiro atoms. The fourth-order valence-corrected chi connectivity index (χ4v) is 5.97. The summed E-state index contributed by atoms with van der Waals surface area (Å²) in [6.07, 6.45) is 1.61. The van der Waals surface area contributed by atoms with Gasteiger partial charge in [0.05, 0.1) is 11.2 Å². The van der Waals surface area contributed by atoms with Gasteiger partial charge in [-0.05, 0) is 62.3 Å². The van der Waals surface area contributed by atoms with Crippen LogP contribution in [0.3, 0.4) is 0 Å². The molecule has 38 heavy (non-hydrogen) atoms. The van der Waals surface area contributed by atoms with Crippen LogP contribution in [0, 0.1) is 17.8 Å². The lowest BCUT2D eigenvalue weighted by molar-refractivity contribution is -0.137. The molecule has 0 radical (unpaired) electrons. The van der Waals surface area contributed by atoms with Crippen LogP contribution in [-0.4, -0.2) is 87.0 Å². The highest BCUT2D eigenvalue weighted by molar-refractivity contribution is 5.89. The van der Waals surface area contributed by atoms with Crippen molar-refractivity contribution in [2.45, 2.75) is 38.9 Å². The maximum Gasteiger partial charge on any atom is 0.354 e. The standard InChI is InChI=1S/C27H38N8O3/c1-17(28)23-20-15-32(16-21(20)23)14-18-4-6-19(7-5-18)35-9-8-22(31-26(35)38)30-25(37)34-12-10-33(11-13-34)24(36)27(2,3)29/h4-9,17,20-21,23H,10-16,28-29H2,1-3H3,(H,30,31,37,38)/t17?,20-,21+,23?. The number of benzene rings is 1. The molecule has 11 nitrogen and oxygen atoms in total. The van der Waals surface area contributed by atoms with Gasteiger partial charge >= 0.3 is 11.7 Å². The minimum absolute atomic E-state index is 0.140. The third-order valence-corrected chi connectivity index (χ3v) is 8.01. The number of carbonyl (C=O) groups excluding carboxylic acids is 2. The lowest BCUT2D eigenvalue weighted by Crippen LogP contribution is -2.58. The van der Waals surface area contributed by atoms with Crippen molar-refractivity contribution in [1.29, 1.82) is 0 Å². The molecule has 1 saturated carbocycles. The van der Waals surface area contributed by atoms with E-state index in [1.807, 2.05) is 24.3 Å². The van der Waals surface area contributed by atoms with Crippen molar-refractivity contribution in [3.8, 4) is 5.69 Å². The maximum absolute atomic E-state index is 12.7. The molecular weight excluding hydrogens is 484 g/mol. The molecule has 1 aliphatic carbocycles. The number of aromatic nitrogens is 2. The summed E-state index contributed by atoms with van der Waals surface area (Å²) in [4.78, 5) is 47.5. The number of rotatable bonds is 6. The molecule has 3 amide bonds. The largest absolute Gasteiger partial charge is 0.354 e. The topological polar surface area (TPSA) is 143 Å². The highest BCUT2D eigenvalue weighted by atomic mass is 16.2. The Labute approximate surface area is 222 Å². The van der Waals surface area contributed by atoms with E-state index in [2.05, 4.69) is 22.1 Å². The predicted molar refractivity (Wildman–Crippen MR) is 145 cm³/mol. The first-order valence-corrected chi connectivity index (χ1v) is 13.3. The Hall–Kier alpha value is -3.28. The first kappa shape index (κ1) is 26.3. The number of urea groups is 1. The smallest absolute Gasteiger partial charge is 0.338 e. The van der Waals surface area contributed by atoms with Crippen molar-refractivity contribution in [3.63, 3.8) is 0 Å². The lowest BCUT2D eigenvalue weighted by atomic mass is 10.1. The molecule has 2 unspecified atom stereocenters. The molecule has 0 bridgehead atoms. The molecule has 1 aromatic heterocycles. The van der Waals surface area contributed by atoms with Crippen LogP contribution in [0.25, 0.3) is 5.69 Å². The molecule has 2 aliphatic heterocycles. The number of anilines is 1. The van der Waals surface area contributed by atoms with E-state index in [0.717, 1.165) is 31.5 Å². The van der Waals surface area contributed by atoms with Gasteiger partial charge in [-0.25, -0.2) is 9.59 Å². The van der Waals surface area contributed by atoms with Crippen molar-refractivity contribution >= 4 is 17.8 Å². The van der Waals surface area contributed by atoms with Gasteiger partial charge in [-0.1, -0.05) is 12.1 Å². The minimum Gasteiger partial charge on any atom is -0.338 e. The Morgan fingerprint density at radius 3 is 2.21 bits per heavy atom. The third-order valence-electron chi connectivity index (χ3n) is 8.01. The van der Waals surface area contributed by atoms with Gasteiger partial charge in [-0.3, -0.25) is 19.6 Å². The van der Waals surface area contributed by atoms with E-state index in [4.69, 9.17) is 11.5 Å². The van der Waals surface area contributed by atoms with Crippen LogP contribution >= 0.6 is 0 Å². The van der Waals surface area contributed by atoms with E-state index in [0.29, 0.717) is 37.8 Å². The molecule has 3 fully saturated rings. The number of likely N-dealkylation sites (tertiary alicyclic amines) is 1. The summed E-state index contributed by atoms with van der Waals surface area (Å²) in [5, 5.41) is 2.69. The molecule has 2 aromatic rings. The summed E-state index contributed by atoms with van der Waals surface area (Å²) in [5.41, 5.74) is 12.5. The third kappa shape index (κ3) is 5.45. The van der Waals surface area contributed by atoms with Gasteiger partial charge in [-0.2, -0.15) is 4.98 Å².